The topological polar surface area (TPSA) is 105 Å². The van der Waals surface area contributed by atoms with Gasteiger partial charge in [-0.25, -0.2) is 14.4 Å². The summed E-state index contributed by atoms with van der Waals surface area (Å²) in [6.07, 6.45) is 0. The Morgan fingerprint density at radius 3 is 2.12 bits per heavy atom. The van der Waals surface area contributed by atoms with Crippen molar-refractivity contribution in [3.63, 3.8) is 0 Å². The maximum Gasteiger partial charge on any atom is 0.333 e. The van der Waals surface area contributed by atoms with E-state index in [2.05, 4.69) is 18.5 Å². The normalized spacial score (nSPS) is 12.0. The van der Waals surface area contributed by atoms with E-state index in [1.165, 1.54) is 18.7 Å². The molecule has 1 aliphatic rings. The molecule has 9 nitrogen and oxygen atoms in total. The minimum absolute atomic E-state index is 0.0371. The lowest BCUT2D eigenvalue weighted by Crippen LogP contribution is -2.43. The average Bonchev–Trinajstić information content (AvgIpc) is 3.42. The van der Waals surface area contributed by atoms with Gasteiger partial charge in [0.2, 0.25) is 0 Å². The van der Waals surface area contributed by atoms with Gasteiger partial charge in [0.15, 0.2) is 6.61 Å². The number of amides is 3. The summed E-state index contributed by atoms with van der Waals surface area (Å²) in [5.41, 5.74) is 0.489. The molecule has 1 N–H and O–H groups in total. The van der Waals surface area contributed by atoms with Crippen LogP contribution in [0.5, 0.6) is 0 Å². The number of ether oxygens (including phenoxy) is 2. The Balaban J connectivity index is 2.36. The van der Waals surface area contributed by atoms with Crippen LogP contribution in [0.2, 0.25) is 0 Å². The van der Waals surface area contributed by atoms with Crippen molar-refractivity contribution in [3.05, 3.63) is 24.3 Å². The summed E-state index contributed by atoms with van der Waals surface area (Å²) in [7, 11) is 0. The molecule has 1 fully saturated rings. The second-order valence-electron chi connectivity index (χ2n) is 5.88. The molecular formula is C17H25N3O6. The van der Waals surface area contributed by atoms with Crippen LogP contribution in [0.4, 0.5) is 4.79 Å². The number of carbonyl (C=O) groups excluding carboxylic acids is 4. The fourth-order valence-corrected chi connectivity index (χ4v) is 1.75. The van der Waals surface area contributed by atoms with Crippen molar-refractivity contribution in [2.45, 2.75) is 13.8 Å². The molecular weight excluding hydrogens is 342 g/mol. The molecule has 1 aliphatic heterocycles. The summed E-state index contributed by atoms with van der Waals surface area (Å²) in [4.78, 5) is 49.5. The van der Waals surface area contributed by atoms with Gasteiger partial charge in [0.25, 0.3) is 5.91 Å². The van der Waals surface area contributed by atoms with Crippen LogP contribution in [0.3, 0.4) is 0 Å². The third-order valence-corrected chi connectivity index (χ3v) is 3.32. The molecule has 26 heavy (non-hydrogen) atoms. The van der Waals surface area contributed by atoms with Gasteiger partial charge in [0, 0.05) is 37.3 Å². The van der Waals surface area contributed by atoms with Crippen molar-refractivity contribution >= 4 is 23.9 Å². The summed E-state index contributed by atoms with van der Waals surface area (Å²) in [5.74, 6) is -1.64. The summed E-state index contributed by atoms with van der Waals surface area (Å²) in [5, 5.41) is 2.56. The van der Waals surface area contributed by atoms with E-state index in [1.54, 1.807) is 4.90 Å². The van der Waals surface area contributed by atoms with E-state index >= 15 is 0 Å². The summed E-state index contributed by atoms with van der Waals surface area (Å²) in [6.45, 7) is 11.5. The highest BCUT2D eigenvalue weighted by molar-refractivity contribution is 5.89. The average molecular weight is 367 g/mol. The highest BCUT2D eigenvalue weighted by Crippen LogP contribution is 2.08. The molecule has 0 aromatic rings. The van der Waals surface area contributed by atoms with Gasteiger partial charge in [-0.1, -0.05) is 13.2 Å². The van der Waals surface area contributed by atoms with E-state index in [-0.39, 0.29) is 43.4 Å². The van der Waals surface area contributed by atoms with Gasteiger partial charge in [-0.05, 0) is 13.8 Å². The van der Waals surface area contributed by atoms with E-state index in [9.17, 15) is 19.2 Å². The van der Waals surface area contributed by atoms with Crippen LogP contribution in [0.15, 0.2) is 24.3 Å². The Kier molecular flexibility index (Phi) is 8.33. The Morgan fingerprint density at radius 1 is 1.00 bits per heavy atom. The van der Waals surface area contributed by atoms with Gasteiger partial charge in [-0.15, -0.1) is 0 Å². The molecule has 3 amide bonds. The summed E-state index contributed by atoms with van der Waals surface area (Å²) in [6, 6.07) is -0.181. The van der Waals surface area contributed by atoms with Crippen molar-refractivity contribution in [2.24, 2.45) is 0 Å². The van der Waals surface area contributed by atoms with Crippen molar-refractivity contribution in [1.82, 2.24) is 15.1 Å². The number of urea groups is 1. The zero-order chi connectivity index (χ0) is 19.7. The molecule has 0 aromatic heterocycles. The first-order chi connectivity index (χ1) is 12.2. The molecule has 0 saturated carbocycles. The fraction of sp³-hybridized carbons (Fsp3) is 0.529. The van der Waals surface area contributed by atoms with Crippen LogP contribution >= 0.6 is 0 Å². The number of hydrogen-bond donors (Lipinski definition) is 1. The van der Waals surface area contributed by atoms with E-state index in [0.717, 1.165) is 0 Å². The third kappa shape index (κ3) is 7.82. The summed E-state index contributed by atoms with van der Waals surface area (Å²) < 4.78 is 9.72. The van der Waals surface area contributed by atoms with Crippen molar-refractivity contribution < 1.29 is 28.7 Å². The Hall–Kier alpha value is -2.84. The van der Waals surface area contributed by atoms with Crippen LogP contribution in [0.1, 0.15) is 13.8 Å². The lowest BCUT2D eigenvalue weighted by atomic mass is 10.4. The first-order valence-electron chi connectivity index (χ1n) is 8.18. The predicted octanol–water partition coefficient (Wildman–Crippen LogP) is 0.0788. The maximum absolute atomic E-state index is 12.2. The Bertz CT molecular complexity index is 597. The van der Waals surface area contributed by atoms with Crippen molar-refractivity contribution in [2.75, 3.05) is 45.9 Å². The lowest BCUT2D eigenvalue weighted by Gasteiger charge is -2.23. The highest BCUT2D eigenvalue weighted by atomic mass is 16.5. The van der Waals surface area contributed by atoms with E-state index < -0.39 is 24.5 Å². The van der Waals surface area contributed by atoms with Crippen LogP contribution in [-0.2, 0) is 23.9 Å². The number of hydrogen-bond acceptors (Lipinski definition) is 6. The molecule has 144 valence electrons. The third-order valence-electron chi connectivity index (χ3n) is 3.32. The maximum atomic E-state index is 12.2. The Morgan fingerprint density at radius 2 is 1.58 bits per heavy atom. The zero-order valence-corrected chi connectivity index (χ0v) is 15.2. The SMILES string of the molecule is C=C(C)C(=O)OCCN(CCNC(=O)COC(=O)C(=C)C)C(=O)N1CC1. The van der Waals surface area contributed by atoms with Crippen LogP contribution in [-0.4, -0.2) is 79.6 Å². The van der Waals surface area contributed by atoms with Gasteiger partial charge in [0.1, 0.15) is 6.61 Å². The van der Waals surface area contributed by atoms with E-state index in [1.807, 2.05) is 0 Å². The van der Waals surface area contributed by atoms with Crippen LogP contribution in [0, 0.1) is 0 Å². The molecule has 0 unspecified atom stereocenters. The lowest BCUT2D eigenvalue weighted by molar-refractivity contribution is -0.144. The zero-order valence-electron chi connectivity index (χ0n) is 15.2. The van der Waals surface area contributed by atoms with Crippen molar-refractivity contribution in [3.8, 4) is 0 Å². The first-order valence-corrected chi connectivity index (χ1v) is 8.18. The molecule has 0 atom stereocenters. The first kappa shape index (κ1) is 21.2. The van der Waals surface area contributed by atoms with Crippen molar-refractivity contribution in [1.29, 1.82) is 0 Å². The molecule has 1 saturated heterocycles. The number of rotatable bonds is 10. The molecule has 9 heteroatoms. The molecule has 1 heterocycles. The number of nitrogens with one attached hydrogen (secondary N) is 1. The second kappa shape index (κ2) is 10.2. The molecule has 0 aliphatic carbocycles. The largest absolute Gasteiger partial charge is 0.460 e. The minimum Gasteiger partial charge on any atom is -0.460 e. The van der Waals surface area contributed by atoms with Gasteiger partial charge in [-0.2, -0.15) is 0 Å². The smallest absolute Gasteiger partial charge is 0.333 e. The monoisotopic (exact) mass is 367 g/mol. The van der Waals surface area contributed by atoms with Gasteiger partial charge >= 0.3 is 18.0 Å². The number of nitrogens with zero attached hydrogens (tertiary/aromatic N) is 2. The standard InChI is InChI=1S/C17H25N3O6/c1-12(2)15(22)25-10-9-19(17(24)20-7-8-20)6-5-18-14(21)11-26-16(23)13(3)4/h1,3,5-11H2,2,4H3,(H,18,21). The van der Waals surface area contributed by atoms with Crippen LogP contribution in [0.25, 0.3) is 0 Å². The number of esters is 2. The predicted molar refractivity (Wildman–Crippen MR) is 93.1 cm³/mol. The summed E-state index contributed by atoms with van der Waals surface area (Å²) >= 11 is 0. The fourth-order valence-electron chi connectivity index (χ4n) is 1.75. The quantitative estimate of drug-likeness (QED) is 0.333. The Labute approximate surface area is 152 Å². The van der Waals surface area contributed by atoms with Gasteiger partial charge in [-0.3, -0.25) is 4.79 Å². The van der Waals surface area contributed by atoms with E-state index in [0.29, 0.717) is 13.1 Å². The molecule has 1 rings (SSSR count). The molecule has 0 radical (unpaired) electrons. The van der Waals surface area contributed by atoms with Gasteiger partial charge < -0.3 is 24.6 Å². The van der Waals surface area contributed by atoms with E-state index in [4.69, 9.17) is 9.47 Å². The molecule has 0 bridgehead atoms. The molecule has 0 spiro atoms. The number of carbonyl (C=O) groups is 4. The van der Waals surface area contributed by atoms with Gasteiger partial charge in [0.05, 0.1) is 6.54 Å². The molecule has 0 aromatic carbocycles. The minimum atomic E-state index is -0.641. The van der Waals surface area contributed by atoms with Crippen LogP contribution < -0.4 is 5.32 Å². The second-order valence-corrected chi connectivity index (χ2v) is 5.88. The highest BCUT2D eigenvalue weighted by Gasteiger charge is 2.28.